The summed E-state index contributed by atoms with van der Waals surface area (Å²) in [5.41, 5.74) is 0. The number of sulfonamides is 1. The number of nitrogens with zero attached hydrogens (tertiary/aromatic N) is 1. The Morgan fingerprint density at radius 2 is 2.00 bits per heavy atom. The van der Waals surface area contributed by atoms with Crippen molar-refractivity contribution in [1.29, 1.82) is 0 Å². The summed E-state index contributed by atoms with van der Waals surface area (Å²) in [6.45, 7) is 3.42. The molecule has 6 heteroatoms. The molecule has 1 saturated carbocycles. The van der Waals surface area contributed by atoms with E-state index in [1.165, 1.54) is 4.31 Å². The van der Waals surface area contributed by atoms with Gasteiger partial charge in [-0.25, -0.2) is 8.42 Å². The van der Waals surface area contributed by atoms with E-state index in [-0.39, 0.29) is 24.9 Å². The fraction of sp³-hybridized carbons (Fsp3) is 0.889. The lowest BCUT2D eigenvalue weighted by molar-refractivity contribution is -0.143. The van der Waals surface area contributed by atoms with Gasteiger partial charge < -0.3 is 4.74 Å². The molecule has 0 unspecified atom stereocenters. The highest BCUT2D eigenvalue weighted by Crippen LogP contribution is 2.29. The second-order valence-electron chi connectivity index (χ2n) is 3.48. The van der Waals surface area contributed by atoms with E-state index in [4.69, 9.17) is 4.74 Å². The first-order chi connectivity index (χ1) is 7.01. The molecule has 0 aromatic carbocycles. The number of rotatable bonds is 6. The largest absolute Gasteiger partial charge is 0.465 e. The number of carbonyl (C=O) groups is 1. The molecule has 0 spiro atoms. The highest BCUT2D eigenvalue weighted by Gasteiger charge is 2.37. The molecule has 0 saturated heterocycles. The second-order valence-corrected chi connectivity index (χ2v) is 5.69. The fourth-order valence-corrected chi connectivity index (χ4v) is 2.62. The number of hydrogen-bond donors (Lipinski definition) is 0. The maximum atomic E-state index is 11.6. The van der Waals surface area contributed by atoms with E-state index in [1.54, 1.807) is 13.8 Å². The zero-order chi connectivity index (χ0) is 11.5. The molecule has 1 aliphatic carbocycles. The van der Waals surface area contributed by atoms with Crippen molar-refractivity contribution in [3.8, 4) is 0 Å². The van der Waals surface area contributed by atoms with Crippen molar-refractivity contribution in [1.82, 2.24) is 4.31 Å². The Bertz CT molecular complexity index is 321. The minimum atomic E-state index is -3.28. The van der Waals surface area contributed by atoms with E-state index in [0.29, 0.717) is 0 Å². The predicted octanol–water partition coefficient (Wildman–Crippen LogP) is 0.364. The van der Waals surface area contributed by atoms with Gasteiger partial charge in [0.05, 0.1) is 12.4 Å². The van der Waals surface area contributed by atoms with Crippen LogP contribution in [0.4, 0.5) is 0 Å². The van der Waals surface area contributed by atoms with Crippen LogP contribution < -0.4 is 0 Å². The van der Waals surface area contributed by atoms with Crippen LogP contribution in [0.1, 0.15) is 26.7 Å². The summed E-state index contributed by atoms with van der Waals surface area (Å²) in [6.07, 6.45) is 1.69. The quantitative estimate of drug-likeness (QED) is 0.624. The Kier molecular flexibility index (Phi) is 4.10. The van der Waals surface area contributed by atoms with Gasteiger partial charge in [-0.15, -0.1) is 0 Å². The summed E-state index contributed by atoms with van der Waals surface area (Å²) in [5, 5.41) is 0. The van der Waals surface area contributed by atoms with Gasteiger partial charge in [-0.2, -0.15) is 4.31 Å². The molecule has 0 amide bonds. The zero-order valence-electron chi connectivity index (χ0n) is 9.10. The Hall–Kier alpha value is -0.620. The van der Waals surface area contributed by atoms with Gasteiger partial charge in [0.2, 0.25) is 10.0 Å². The zero-order valence-corrected chi connectivity index (χ0v) is 9.92. The lowest BCUT2D eigenvalue weighted by Crippen LogP contribution is -2.39. The van der Waals surface area contributed by atoms with Gasteiger partial charge in [-0.05, 0) is 26.7 Å². The van der Waals surface area contributed by atoms with Crippen molar-refractivity contribution in [3.63, 3.8) is 0 Å². The van der Waals surface area contributed by atoms with Gasteiger partial charge in [0.25, 0.3) is 0 Å². The molecule has 0 bridgehead atoms. The van der Waals surface area contributed by atoms with E-state index in [1.807, 2.05) is 0 Å². The minimum absolute atomic E-state index is 0.0133. The third-order valence-electron chi connectivity index (χ3n) is 2.27. The minimum Gasteiger partial charge on any atom is -0.465 e. The highest BCUT2D eigenvalue weighted by atomic mass is 32.2. The van der Waals surface area contributed by atoms with Crippen molar-refractivity contribution in [2.75, 3.05) is 18.9 Å². The van der Waals surface area contributed by atoms with Crippen LogP contribution in [0.2, 0.25) is 0 Å². The predicted molar refractivity (Wildman–Crippen MR) is 55.8 cm³/mol. The maximum Gasteiger partial charge on any atom is 0.321 e. The number of hydrogen-bond acceptors (Lipinski definition) is 4. The number of esters is 1. The van der Waals surface area contributed by atoms with Gasteiger partial charge >= 0.3 is 5.97 Å². The summed E-state index contributed by atoms with van der Waals surface area (Å²) in [4.78, 5) is 11.2. The van der Waals surface area contributed by atoms with Gasteiger partial charge in [0.1, 0.15) is 6.54 Å². The second kappa shape index (κ2) is 4.94. The van der Waals surface area contributed by atoms with E-state index in [0.717, 1.165) is 12.8 Å². The summed E-state index contributed by atoms with van der Waals surface area (Å²) < 4.78 is 29.3. The van der Waals surface area contributed by atoms with Crippen molar-refractivity contribution < 1.29 is 17.9 Å². The molecule has 0 atom stereocenters. The SMILES string of the molecule is CCOC(=O)CN(C1CC1)S(=O)(=O)CC. The third-order valence-corrected chi connectivity index (χ3v) is 4.14. The molecule has 0 aromatic rings. The average Bonchev–Trinajstić information content (AvgIpc) is 2.98. The molecule has 1 fully saturated rings. The van der Waals surface area contributed by atoms with E-state index < -0.39 is 16.0 Å². The van der Waals surface area contributed by atoms with E-state index >= 15 is 0 Å². The van der Waals surface area contributed by atoms with Crippen molar-refractivity contribution in [2.45, 2.75) is 32.7 Å². The van der Waals surface area contributed by atoms with Crippen LogP contribution in [0.5, 0.6) is 0 Å². The molecule has 5 nitrogen and oxygen atoms in total. The molecule has 0 aliphatic heterocycles. The van der Waals surface area contributed by atoms with Crippen molar-refractivity contribution in [2.24, 2.45) is 0 Å². The molecular formula is C9H17NO4S. The van der Waals surface area contributed by atoms with Crippen LogP contribution in [0.15, 0.2) is 0 Å². The molecule has 0 N–H and O–H groups in total. The van der Waals surface area contributed by atoms with Crippen LogP contribution in [0.25, 0.3) is 0 Å². The standard InChI is InChI=1S/C9H17NO4S/c1-3-14-9(11)7-10(8-5-6-8)15(12,13)4-2/h8H,3-7H2,1-2H3. The number of carbonyl (C=O) groups excluding carboxylic acids is 1. The smallest absolute Gasteiger partial charge is 0.321 e. The lowest BCUT2D eigenvalue weighted by atomic mass is 10.6. The van der Waals surface area contributed by atoms with Crippen LogP contribution >= 0.6 is 0 Å². The average molecular weight is 235 g/mol. The molecule has 88 valence electrons. The lowest BCUT2D eigenvalue weighted by Gasteiger charge is -2.19. The summed E-state index contributed by atoms with van der Waals surface area (Å²) in [6, 6.07) is 0.0133. The maximum absolute atomic E-state index is 11.6. The molecule has 1 aliphatic rings. The Balaban J connectivity index is 2.63. The summed E-state index contributed by atoms with van der Waals surface area (Å²) >= 11 is 0. The van der Waals surface area contributed by atoms with Crippen LogP contribution in [-0.4, -0.2) is 43.6 Å². The van der Waals surface area contributed by atoms with Crippen molar-refractivity contribution in [3.05, 3.63) is 0 Å². The first-order valence-electron chi connectivity index (χ1n) is 5.16. The molecule has 15 heavy (non-hydrogen) atoms. The monoisotopic (exact) mass is 235 g/mol. The molecule has 0 heterocycles. The Labute approximate surface area is 90.4 Å². The molecular weight excluding hydrogens is 218 g/mol. The normalized spacial score (nSPS) is 16.7. The Morgan fingerprint density at radius 3 is 2.40 bits per heavy atom. The van der Waals surface area contributed by atoms with Gasteiger partial charge in [0, 0.05) is 6.04 Å². The van der Waals surface area contributed by atoms with Gasteiger partial charge in [-0.1, -0.05) is 0 Å². The molecule has 1 rings (SSSR count). The summed E-state index contributed by atoms with van der Waals surface area (Å²) in [5.74, 6) is -0.440. The van der Waals surface area contributed by atoms with E-state index in [9.17, 15) is 13.2 Å². The van der Waals surface area contributed by atoms with E-state index in [2.05, 4.69) is 0 Å². The number of ether oxygens (including phenoxy) is 1. The first-order valence-corrected chi connectivity index (χ1v) is 6.77. The van der Waals surface area contributed by atoms with Crippen LogP contribution in [-0.2, 0) is 19.6 Å². The molecule has 0 radical (unpaired) electrons. The van der Waals surface area contributed by atoms with Gasteiger partial charge in [0.15, 0.2) is 0 Å². The third kappa shape index (κ3) is 3.46. The Morgan fingerprint density at radius 1 is 1.40 bits per heavy atom. The topological polar surface area (TPSA) is 63.7 Å². The van der Waals surface area contributed by atoms with Crippen LogP contribution in [0, 0.1) is 0 Å². The highest BCUT2D eigenvalue weighted by molar-refractivity contribution is 7.89. The fourth-order valence-electron chi connectivity index (χ4n) is 1.32. The van der Waals surface area contributed by atoms with Crippen LogP contribution in [0.3, 0.4) is 0 Å². The van der Waals surface area contributed by atoms with Gasteiger partial charge in [-0.3, -0.25) is 4.79 Å². The van der Waals surface area contributed by atoms with Crippen molar-refractivity contribution >= 4 is 16.0 Å². The first kappa shape index (κ1) is 12.4. The molecule has 0 aromatic heterocycles. The summed E-state index contributed by atoms with van der Waals surface area (Å²) in [7, 11) is -3.28.